The predicted molar refractivity (Wildman–Crippen MR) is 112 cm³/mol. The van der Waals surface area contributed by atoms with Gasteiger partial charge in [0.2, 0.25) is 0 Å². The van der Waals surface area contributed by atoms with Crippen molar-refractivity contribution in [2.24, 2.45) is 0 Å². The summed E-state index contributed by atoms with van der Waals surface area (Å²) >= 11 is 0. The Hall–Kier alpha value is -2.44. The van der Waals surface area contributed by atoms with E-state index in [-0.39, 0.29) is 16.8 Å². The van der Waals surface area contributed by atoms with Gasteiger partial charge in [-0.2, -0.15) is 4.98 Å². The maximum absolute atomic E-state index is 12.5. The Kier molecular flexibility index (Phi) is 3.65. The number of aromatic nitrogens is 2. The van der Waals surface area contributed by atoms with Gasteiger partial charge in [0.25, 0.3) is 5.56 Å². The molecule has 2 aliphatic rings. The molecular weight excluding hydrogens is 351 g/mol. The van der Waals surface area contributed by atoms with E-state index in [0.29, 0.717) is 11.2 Å². The van der Waals surface area contributed by atoms with E-state index >= 15 is 0 Å². The number of hydrogen-bond donors (Lipinski definition) is 0. The van der Waals surface area contributed by atoms with Gasteiger partial charge in [0, 0.05) is 17.3 Å². The molecule has 142 valence electrons. The van der Waals surface area contributed by atoms with Gasteiger partial charge in [-0.1, -0.05) is 30.4 Å². The minimum atomic E-state index is -0.408. The summed E-state index contributed by atoms with van der Waals surface area (Å²) in [6.07, 6.45) is 7.73. The van der Waals surface area contributed by atoms with Crippen molar-refractivity contribution in [2.75, 3.05) is 0 Å². The second-order valence-electron chi connectivity index (χ2n) is 8.66. The minimum absolute atomic E-state index is 0.159. The molecule has 0 atom stereocenters. The van der Waals surface area contributed by atoms with Gasteiger partial charge in [0.1, 0.15) is 5.65 Å². The van der Waals surface area contributed by atoms with E-state index in [1.165, 1.54) is 0 Å². The van der Waals surface area contributed by atoms with Crippen LogP contribution in [0.5, 0.6) is 0 Å². The average molecular weight is 374 g/mol. The molecule has 0 spiro atoms. The molecule has 0 N–H and O–H groups in total. The van der Waals surface area contributed by atoms with Crippen LogP contribution in [0.3, 0.4) is 0 Å². The Morgan fingerprint density at radius 2 is 1.86 bits per heavy atom. The van der Waals surface area contributed by atoms with E-state index in [2.05, 4.69) is 49.2 Å². The largest absolute Gasteiger partial charge is 0.494 e. The summed E-state index contributed by atoms with van der Waals surface area (Å²) in [7, 11) is -0.408. The van der Waals surface area contributed by atoms with Crippen LogP contribution in [0.1, 0.15) is 45.4 Å². The lowest BCUT2D eigenvalue weighted by molar-refractivity contribution is 0.00578. The van der Waals surface area contributed by atoms with Crippen LogP contribution in [-0.4, -0.2) is 27.7 Å². The molecule has 3 aromatic rings. The Bertz CT molecular complexity index is 1190. The zero-order chi connectivity index (χ0) is 19.7. The lowest BCUT2D eigenvalue weighted by atomic mass is 9.78. The second-order valence-corrected chi connectivity index (χ2v) is 8.66. The van der Waals surface area contributed by atoms with Crippen LogP contribution in [0.15, 0.2) is 41.3 Å². The Balaban J connectivity index is 1.66. The number of rotatable bonds is 1. The Morgan fingerprint density at radius 1 is 1.11 bits per heavy atom. The fourth-order valence-electron chi connectivity index (χ4n) is 3.99. The highest BCUT2D eigenvalue weighted by molar-refractivity contribution is 6.62. The minimum Gasteiger partial charge on any atom is -0.399 e. The van der Waals surface area contributed by atoms with Crippen LogP contribution in [-0.2, 0) is 15.7 Å². The van der Waals surface area contributed by atoms with Crippen molar-refractivity contribution >= 4 is 35.1 Å². The summed E-state index contributed by atoms with van der Waals surface area (Å²) in [4.78, 5) is 16.9. The standard InChI is InChI=1S/C22H23BN2O3/c1-21(2)22(3,4)28-23(27-21)15-9-10-16-14(13-15)11-12-25-18-8-6-5-7-17(18)20(26)24-19(16)25/h5,7,9-13H,6,8H2,1-4H3. The Labute approximate surface area is 164 Å². The first kappa shape index (κ1) is 17.6. The molecule has 1 aromatic carbocycles. The van der Waals surface area contributed by atoms with Crippen LogP contribution >= 0.6 is 0 Å². The number of allylic oxidation sites excluding steroid dienone is 1. The van der Waals surface area contributed by atoms with Gasteiger partial charge in [-0.25, -0.2) is 0 Å². The topological polar surface area (TPSA) is 52.8 Å². The zero-order valence-corrected chi connectivity index (χ0v) is 16.7. The second kappa shape index (κ2) is 5.78. The first-order valence-electron chi connectivity index (χ1n) is 9.77. The molecule has 1 saturated heterocycles. The van der Waals surface area contributed by atoms with Crippen molar-refractivity contribution < 1.29 is 9.31 Å². The molecule has 0 unspecified atom stereocenters. The SMILES string of the molecule is CC1(C)OB(c2ccc3c(ccn4c5c(c(=O)nc34)C=CCC5)c2)OC1(C)C. The number of fused-ring (bicyclic) bond motifs is 5. The smallest absolute Gasteiger partial charge is 0.399 e. The van der Waals surface area contributed by atoms with E-state index < -0.39 is 7.12 Å². The fourth-order valence-corrected chi connectivity index (χ4v) is 3.99. The molecule has 1 aliphatic carbocycles. The average Bonchev–Trinajstić information content (AvgIpc) is 2.89. The van der Waals surface area contributed by atoms with Crippen LogP contribution in [0.4, 0.5) is 0 Å². The summed E-state index contributed by atoms with van der Waals surface area (Å²) in [6.45, 7) is 8.20. The number of pyridine rings is 1. The summed E-state index contributed by atoms with van der Waals surface area (Å²) in [5.74, 6) is 0. The molecule has 0 amide bonds. The van der Waals surface area contributed by atoms with Crippen molar-refractivity contribution in [1.29, 1.82) is 0 Å². The summed E-state index contributed by atoms with van der Waals surface area (Å²) < 4.78 is 14.4. The highest BCUT2D eigenvalue weighted by Crippen LogP contribution is 2.36. The summed E-state index contributed by atoms with van der Waals surface area (Å²) in [6, 6.07) is 8.17. The normalized spacial score (nSPS) is 20.1. The van der Waals surface area contributed by atoms with Crippen LogP contribution in [0.2, 0.25) is 0 Å². The maximum Gasteiger partial charge on any atom is 0.494 e. The van der Waals surface area contributed by atoms with Crippen LogP contribution in [0, 0.1) is 0 Å². The maximum atomic E-state index is 12.5. The first-order valence-corrected chi connectivity index (χ1v) is 9.77. The molecule has 0 bridgehead atoms. The number of benzene rings is 1. The van der Waals surface area contributed by atoms with Crippen molar-refractivity contribution in [3.63, 3.8) is 0 Å². The lowest BCUT2D eigenvalue weighted by Gasteiger charge is -2.32. The Morgan fingerprint density at radius 3 is 2.61 bits per heavy atom. The quantitative estimate of drug-likeness (QED) is 0.485. The van der Waals surface area contributed by atoms with Gasteiger partial charge in [-0.05, 0) is 57.5 Å². The molecule has 1 aliphatic heterocycles. The number of aryl methyl sites for hydroxylation is 1. The molecule has 6 heteroatoms. The van der Waals surface area contributed by atoms with Gasteiger partial charge in [0.15, 0.2) is 0 Å². The van der Waals surface area contributed by atoms with Crippen molar-refractivity contribution in [2.45, 2.75) is 51.7 Å². The van der Waals surface area contributed by atoms with E-state index in [9.17, 15) is 4.79 Å². The summed E-state index contributed by atoms with van der Waals surface area (Å²) in [5, 5.41) is 1.97. The molecule has 0 saturated carbocycles. The van der Waals surface area contributed by atoms with E-state index in [1.54, 1.807) is 0 Å². The number of hydrogen-bond acceptors (Lipinski definition) is 4. The van der Waals surface area contributed by atoms with Crippen molar-refractivity contribution in [3.05, 3.63) is 58.1 Å². The monoisotopic (exact) mass is 374 g/mol. The molecule has 2 aromatic heterocycles. The fraction of sp³-hybridized carbons (Fsp3) is 0.364. The molecule has 3 heterocycles. The van der Waals surface area contributed by atoms with Gasteiger partial charge in [-0.3, -0.25) is 4.79 Å². The van der Waals surface area contributed by atoms with E-state index in [1.807, 2.05) is 30.5 Å². The van der Waals surface area contributed by atoms with Crippen molar-refractivity contribution in [3.8, 4) is 0 Å². The van der Waals surface area contributed by atoms with Gasteiger partial charge < -0.3 is 13.7 Å². The third-order valence-corrected chi connectivity index (χ3v) is 6.35. The third kappa shape index (κ3) is 2.48. The molecule has 1 fully saturated rings. The molecule has 0 radical (unpaired) electrons. The van der Waals surface area contributed by atoms with Gasteiger partial charge >= 0.3 is 7.12 Å². The first-order chi connectivity index (χ1) is 13.3. The molecule has 28 heavy (non-hydrogen) atoms. The lowest BCUT2D eigenvalue weighted by Crippen LogP contribution is -2.41. The molecular formula is C22H23BN2O3. The predicted octanol–water partition coefficient (Wildman–Crippen LogP) is 3.11. The summed E-state index contributed by atoms with van der Waals surface area (Å²) in [5.41, 5.74) is 2.50. The van der Waals surface area contributed by atoms with Crippen LogP contribution in [0.25, 0.3) is 22.5 Å². The highest BCUT2D eigenvalue weighted by atomic mass is 16.7. The highest BCUT2D eigenvalue weighted by Gasteiger charge is 2.51. The third-order valence-electron chi connectivity index (χ3n) is 6.35. The van der Waals surface area contributed by atoms with Crippen LogP contribution < -0.4 is 11.0 Å². The van der Waals surface area contributed by atoms with Gasteiger partial charge in [0.05, 0.1) is 16.8 Å². The van der Waals surface area contributed by atoms with Crippen molar-refractivity contribution in [1.82, 2.24) is 9.38 Å². The molecule has 5 nitrogen and oxygen atoms in total. The van der Waals surface area contributed by atoms with Gasteiger partial charge in [-0.15, -0.1) is 0 Å². The zero-order valence-electron chi connectivity index (χ0n) is 16.7. The van der Waals surface area contributed by atoms with E-state index in [0.717, 1.165) is 34.8 Å². The van der Waals surface area contributed by atoms with E-state index in [4.69, 9.17) is 9.31 Å². The molecule has 5 rings (SSSR count). The number of nitrogens with zero attached hydrogens (tertiary/aromatic N) is 2.